The maximum atomic E-state index is 12.4. The molecule has 3 N–H and O–H groups in total. The molecule has 1 aromatic carbocycles. The number of carbonyl (C=O) groups excluding carboxylic acids is 2. The van der Waals surface area contributed by atoms with Crippen molar-refractivity contribution < 1.29 is 19.5 Å². The Morgan fingerprint density at radius 1 is 0.917 bits per heavy atom. The average molecular weight is 330 g/mol. The molecule has 128 valence electrons. The van der Waals surface area contributed by atoms with Gasteiger partial charge >= 0.3 is 5.97 Å². The predicted molar refractivity (Wildman–Crippen MR) is 87.8 cm³/mol. The van der Waals surface area contributed by atoms with Crippen LogP contribution < -0.4 is 10.6 Å². The van der Waals surface area contributed by atoms with Gasteiger partial charge in [0.05, 0.1) is 0 Å². The lowest BCUT2D eigenvalue weighted by atomic mass is 9.81. The molecule has 0 radical (unpaired) electrons. The summed E-state index contributed by atoms with van der Waals surface area (Å²) >= 11 is 0. The van der Waals surface area contributed by atoms with Gasteiger partial charge in [-0.05, 0) is 49.9 Å². The smallest absolute Gasteiger partial charge is 0.329 e. The molecule has 0 unspecified atom stereocenters. The fourth-order valence-electron chi connectivity index (χ4n) is 3.11. The molecule has 0 saturated heterocycles. The van der Waals surface area contributed by atoms with Crippen molar-refractivity contribution >= 4 is 17.8 Å². The third-order valence-corrected chi connectivity index (χ3v) is 4.79. The summed E-state index contributed by atoms with van der Waals surface area (Å²) in [7, 11) is 0. The van der Waals surface area contributed by atoms with Crippen LogP contribution in [0.5, 0.6) is 0 Å². The van der Waals surface area contributed by atoms with E-state index in [1.807, 2.05) is 0 Å². The van der Waals surface area contributed by atoms with Gasteiger partial charge in [0.25, 0.3) is 11.8 Å². The second-order valence-electron chi connectivity index (χ2n) is 6.73. The lowest BCUT2D eigenvalue weighted by Gasteiger charge is -2.34. The van der Waals surface area contributed by atoms with E-state index in [-0.39, 0.29) is 11.9 Å². The van der Waals surface area contributed by atoms with Gasteiger partial charge in [-0.1, -0.05) is 19.3 Å². The number of nitrogens with one attached hydrogen (secondary N) is 2. The number of hydrogen-bond acceptors (Lipinski definition) is 3. The first kappa shape index (κ1) is 16.5. The van der Waals surface area contributed by atoms with Gasteiger partial charge in [-0.2, -0.15) is 0 Å². The van der Waals surface area contributed by atoms with Crippen molar-refractivity contribution in [3.05, 3.63) is 35.4 Å². The van der Waals surface area contributed by atoms with Crippen molar-refractivity contribution in [3.63, 3.8) is 0 Å². The van der Waals surface area contributed by atoms with Crippen LogP contribution in [0, 0.1) is 0 Å². The van der Waals surface area contributed by atoms with E-state index in [1.165, 1.54) is 0 Å². The first-order valence-corrected chi connectivity index (χ1v) is 8.47. The standard InChI is InChI=1S/C18H22N2O4/c21-15(19-14-8-9-14)12-4-6-13(7-5-12)16(22)20-18(17(23)24)10-2-1-3-11-18/h4-7,14H,1-3,8-11H2,(H,19,21)(H,20,22)(H,23,24). The van der Waals surface area contributed by atoms with Crippen molar-refractivity contribution in [1.29, 1.82) is 0 Å². The maximum Gasteiger partial charge on any atom is 0.329 e. The third-order valence-electron chi connectivity index (χ3n) is 4.79. The molecule has 1 aromatic rings. The van der Waals surface area contributed by atoms with Crippen LogP contribution in [0.1, 0.15) is 65.7 Å². The Morgan fingerprint density at radius 3 is 1.96 bits per heavy atom. The monoisotopic (exact) mass is 330 g/mol. The lowest BCUT2D eigenvalue weighted by molar-refractivity contribution is -0.145. The minimum Gasteiger partial charge on any atom is -0.480 e. The van der Waals surface area contributed by atoms with Gasteiger partial charge < -0.3 is 15.7 Å². The summed E-state index contributed by atoms with van der Waals surface area (Å²) in [5, 5.41) is 15.1. The fourth-order valence-corrected chi connectivity index (χ4v) is 3.11. The van der Waals surface area contributed by atoms with Crippen LogP contribution in [0.4, 0.5) is 0 Å². The number of rotatable bonds is 5. The van der Waals surface area contributed by atoms with E-state index in [0.29, 0.717) is 24.0 Å². The number of benzene rings is 1. The molecule has 0 aromatic heterocycles. The molecule has 24 heavy (non-hydrogen) atoms. The van der Waals surface area contributed by atoms with Gasteiger partial charge in [-0.25, -0.2) is 4.79 Å². The van der Waals surface area contributed by atoms with Crippen molar-refractivity contribution in [2.75, 3.05) is 0 Å². The second-order valence-corrected chi connectivity index (χ2v) is 6.73. The van der Waals surface area contributed by atoms with Gasteiger partial charge in [0.2, 0.25) is 0 Å². The van der Waals surface area contributed by atoms with Crippen molar-refractivity contribution in [1.82, 2.24) is 10.6 Å². The SMILES string of the molecule is O=C(NC1CC1)c1ccc(C(=O)NC2(C(=O)O)CCCCC2)cc1. The Bertz CT molecular complexity index is 643. The molecule has 2 aliphatic carbocycles. The number of carbonyl (C=O) groups is 3. The molecular formula is C18H22N2O4. The Morgan fingerprint density at radius 2 is 1.46 bits per heavy atom. The first-order chi connectivity index (χ1) is 11.5. The van der Waals surface area contributed by atoms with Crippen LogP contribution >= 0.6 is 0 Å². The maximum absolute atomic E-state index is 12.4. The highest BCUT2D eigenvalue weighted by molar-refractivity contribution is 6.00. The molecule has 3 rings (SSSR count). The topological polar surface area (TPSA) is 95.5 Å². The Kier molecular flexibility index (Phi) is 4.55. The molecule has 0 spiro atoms. The lowest BCUT2D eigenvalue weighted by Crippen LogP contribution is -2.55. The highest BCUT2D eigenvalue weighted by atomic mass is 16.4. The molecule has 2 fully saturated rings. The van der Waals surface area contributed by atoms with E-state index in [1.54, 1.807) is 24.3 Å². The summed E-state index contributed by atoms with van der Waals surface area (Å²) in [5.41, 5.74) is -0.301. The van der Waals surface area contributed by atoms with Gasteiger partial charge in [0.1, 0.15) is 5.54 Å². The summed E-state index contributed by atoms with van der Waals surface area (Å²) in [5.74, 6) is -1.52. The van der Waals surface area contributed by atoms with E-state index in [9.17, 15) is 19.5 Å². The van der Waals surface area contributed by atoms with E-state index < -0.39 is 17.4 Å². The number of carboxylic acid groups (broad SMARTS) is 1. The van der Waals surface area contributed by atoms with Crippen LogP contribution in [-0.2, 0) is 4.79 Å². The highest BCUT2D eigenvalue weighted by Gasteiger charge is 2.41. The molecule has 2 saturated carbocycles. The van der Waals surface area contributed by atoms with E-state index in [0.717, 1.165) is 32.1 Å². The number of aliphatic carboxylic acids is 1. The molecule has 0 heterocycles. The summed E-state index contributed by atoms with van der Waals surface area (Å²) in [6.07, 6.45) is 5.54. The minimum absolute atomic E-state index is 0.140. The van der Waals surface area contributed by atoms with Gasteiger partial charge in [0.15, 0.2) is 0 Å². The van der Waals surface area contributed by atoms with Crippen LogP contribution in [0.25, 0.3) is 0 Å². The third kappa shape index (κ3) is 3.58. The number of carboxylic acids is 1. The first-order valence-electron chi connectivity index (χ1n) is 8.47. The second kappa shape index (κ2) is 6.63. The summed E-state index contributed by atoms with van der Waals surface area (Å²) in [4.78, 5) is 36.0. The summed E-state index contributed by atoms with van der Waals surface area (Å²) in [6, 6.07) is 6.61. The quantitative estimate of drug-likeness (QED) is 0.770. The van der Waals surface area contributed by atoms with Crippen molar-refractivity contribution in [2.45, 2.75) is 56.5 Å². The highest BCUT2D eigenvalue weighted by Crippen LogP contribution is 2.29. The van der Waals surface area contributed by atoms with Gasteiger partial charge in [-0.3, -0.25) is 9.59 Å². The normalized spacial score (nSPS) is 19.3. The number of amides is 2. The van der Waals surface area contributed by atoms with Gasteiger partial charge in [-0.15, -0.1) is 0 Å². The zero-order valence-corrected chi connectivity index (χ0v) is 13.5. The minimum atomic E-state index is -1.17. The molecule has 0 bridgehead atoms. The van der Waals surface area contributed by atoms with Crippen molar-refractivity contribution in [2.24, 2.45) is 0 Å². The van der Waals surface area contributed by atoms with E-state index >= 15 is 0 Å². The van der Waals surface area contributed by atoms with Crippen LogP contribution in [0.15, 0.2) is 24.3 Å². The average Bonchev–Trinajstić information content (AvgIpc) is 3.39. The Labute approximate surface area is 140 Å². The van der Waals surface area contributed by atoms with Crippen LogP contribution in [0.3, 0.4) is 0 Å². The van der Waals surface area contributed by atoms with Crippen LogP contribution in [0.2, 0.25) is 0 Å². The molecule has 0 aliphatic heterocycles. The molecule has 2 aliphatic rings. The Hall–Kier alpha value is -2.37. The van der Waals surface area contributed by atoms with Gasteiger partial charge in [0, 0.05) is 17.2 Å². The van der Waals surface area contributed by atoms with Crippen LogP contribution in [-0.4, -0.2) is 34.5 Å². The van der Waals surface area contributed by atoms with E-state index in [4.69, 9.17) is 0 Å². The molecule has 6 heteroatoms. The molecular weight excluding hydrogens is 308 g/mol. The zero-order chi connectivity index (χ0) is 17.2. The Balaban J connectivity index is 1.67. The molecule has 0 atom stereocenters. The summed E-state index contributed by atoms with van der Waals surface area (Å²) < 4.78 is 0. The molecule has 2 amide bonds. The largest absolute Gasteiger partial charge is 0.480 e. The van der Waals surface area contributed by atoms with E-state index in [2.05, 4.69) is 10.6 Å². The fraction of sp³-hybridized carbons (Fsp3) is 0.500. The summed E-state index contributed by atoms with van der Waals surface area (Å²) in [6.45, 7) is 0. The predicted octanol–water partition coefficient (Wildman–Crippen LogP) is 2.10. The number of hydrogen-bond donors (Lipinski definition) is 3. The zero-order valence-electron chi connectivity index (χ0n) is 13.5. The molecule has 6 nitrogen and oxygen atoms in total. The van der Waals surface area contributed by atoms with Crippen molar-refractivity contribution in [3.8, 4) is 0 Å².